The third-order valence-corrected chi connectivity index (χ3v) is 1.93. The van der Waals surface area contributed by atoms with Crippen molar-refractivity contribution in [1.29, 1.82) is 0 Å². The van der Waals surface area contributed by atoms with Crippen LogP contribution in [0.15, 0.2) is 30.2 Å². The number of fused-ring (bicyclic) bond motifs is 1. The van der Waals surface area contributed by atoms with Gasteiger partial charge in [0.2, 0.25) is 0 Å². The van der Waals surface area contributed by atoms with Crippen molar-refractivity contribution < 1.29 is 0 Å². The third kappa shape index (κ3) is 0.880. The van der Waals surface area contributed by atoms with Crippen molar-refractivity contribution in [3.05, 3.63) is 41.4 Å². The summed E-state index contributed by atoms with van der Waals surface area (Å²) < 4.78 is 0. The van der Waals surface area contributed by atoms with Gasteiger partial charge >= 0.3 is 0 Å². The van der Waals surface area contributed by atoms with Crippen LogP contribution in [0.4, 0.5) is 0 Å². The van der Waals surface area contributed by atoms with Crippen LogP contribution in [-0.2, 0) is 6.32 Å². The van der Waals surface area contributed by atoms with E-state index >= 15 is 0 Å². The molecule has 0 radical (unpaired) electrons. The maximum Gasteiger partial charge on any atom is 0.152 e. The standard InChI is InChI=1S/C9H9B/c1-2-4-9-7-10-6-5-8(9)3-1/h1-6,10H,7H2. The lowest BCUT2D eigenvalue weighted by Crippen LogP contribution is -2.00. The molecule has 0 aliphatic carbocycles. The van der Waals surface area contributed by atoms with E-state index in [9.17, 15) is 0 Å². The van der Waals surface area contributed by atoms with Crippen molar-refractivity contribution in [2.24, 2.45) is 0 Å². The minimum absolute atomic E-state index is 1.21. The predicted molar refractivity (Wildman–Crippen MR) is 46.3 cm³/mol. The Balaban J connectivity index is 2.54. The van der Waals surface area contributed by atoms with Gasteiger partial charge in [-0.05, 0) is 17.4 Å². The fourth-order valence-electron chi connectivity index (χ4n) is 1.37. The Bertz CT molecular complexity index is 263. The minimum atomic E-state index is 1.21. The van der Waals surface area contributed by atoms with Gasteiger partial charge in [-0.2, -0.15) is 0 Å². The van der Waals surface area contributed by atoms with Gasteiger partial charge in [-0.1, -0.05) is 30.3 Å². The van der Waals surface area contributed by atoms with Gasteiger partial charge < -0.3 is 0 Å². The van der Waals surface area contributed by atoms with E-state index in [1.54, 1.807) is 0 Å². The molecular weight excluding hydrogens is 119 g/mol. The topological polar surface area (TPSA) is 0 Å². The highest BCUT2D eigenvalue weighted by Gasteiger charge is 2.01. The fraction of sp³-hybridized carbons (Fsp3) is 0.111. The Morgan fingerprint density at radius 1 is 1.20 bits per heavy atom. The lowest BCUT2D eigenvalue weighted by molar-refractivity contribution is 1.36. The van der Waals surface area contributed by atoms with Crippen LogP contribution in [0.2, 0.25) is 0 Å². The summed E-state index contributed by atoms with van der Waals surface area (Å²) in [6, 6.07) is 8.58. The van der Waals surface area contributed by atoms with Crippen LogP contribution < -0.4 is 0 Å². The Kier molecular flexibility index (Phi) is 1.35. The maximum atomic E-state index is 2.24. The van der Waals surface area contributed by atoms with Gasteiger partial charge in [0.15, 0.2) is 7.28 Å². The van der Waals surface area contributed by atoms with Crippen molar-refractivity contribution in [2.45, 2.75) is 6.32 Å². The van der Waals surface area contributed by atoms with E-state index in [1.807, 2.05) is 0 Å². The van der Waals surface area contributed by atoms with Gasteiger partial charge in [0.25, 0.3) is 0 Å². The van der Waals surface area contributed by atoms with Crippen LogP contribution in [0.1, 0.15) is 11.1 Å². The maximum absolute atomic E-state index is 2.24. The normalized spacial score (nSPS) is 14.0. The van der Waals surface area contributed by atoms with Crippen LogP contribution in [0, 0.1) is 0 Å². The summed E-state index contributed by atoms with van der Waals surface area (Å²) in [4.78, 5) is 0. The largest absolute Gasteiger partial charge is 0.152 e. The fourth-order valence-corrected chi connectivity index (χ4v) is 1.37. The van der Waals surface area contributed by atoms with Gasteiger partial charge in [0.1, 0.15) is 0 Å². The molecule has 0 unspecified atom stereocenters. The molecule has 1 heteroatoms. The van der Waals surface area contributed by atoms with Crippen molar-refractivity contribution >= 4 is 13.4 Å². The average molecular weight is 128 g/mol. The summed E-state index contributed by atoms with van der Waals surface area (Å²) in [5.74, 6) is 2.24. The lowest BCUT2D eigenvalue weighted by atomic mass is 9.67. The quantitative estimate of drug-likeness (QED) is 0.465. The molecule has 48 valence electrons. The van der Waals surface area contributed by atoms with Crippen molar-refractivity contribution in [3.8, 4) is 0 Å². The van der Waals surface area contributed by atoms with E-state index < -0.39 is 0 Å². The smallest absolute Gasteiger partial charge is 0.118 e. The highest BCUT2D eigenvalue weighted by atomic mass is 14.0. The Morgan fingerprint density at radius 2 is 2.10 bits per heavy atom. The van der Waals surface area contributed by atoms with Crippen LogP contribution in [0.3, 0.4) is 0 Å². The van der Waals surface area contributed by atoms with Crippen LogP contribution in [0.5, 0.6) is 0 Å². The number of hydrogen-bond acceptors (Lipinski definition) is 0. The van der Waals surface area contributed by atoms with Crippen LogP contribution in [-0.4, -0.2) is 7.28 Å². The van der Waals surface area contributed by atoms with Crippen molar-refractivity contribution in [3.63, 3.8) is 0 Å². The van der Waals surface area contributed by atoms with Crippen molar-refractivity contribution in [1.82, 2.24) is 0 Å². The Morgan fingerprint density at radius 3 is 3.00 bits per heavy atom. The molecule has 0 atom stereocenters. The molecule has 1 heterocycles. The molecule has 1 aromatic carbocycles. The zero-order chi connectivity index (χ0) is 6.81. The molecule has 0 amide bonds. The van der Waals surface area contributed by atoms with Gasteiger partial charge in [0.05, 0.1) is 0 Å². The van der Waals surface area contributed by atoms with Gasteiger partial charge in [-0.15, -0.1) is 5.98 Å². The van der Waals surface area contributed by atoms with E-state index in [4.69, 9.17) is 0 Å². The molecule has 0 fully saturated rings. The number of rotatable bonds is 0. The predicted octanol–water partition coefficient (Wildman–Crippen LogP) is 1.61. The lowest BCUT2D eigenvalue weighted by Gasteiger charge is -2.07. The van der Waals surface area contributed by atoms with E-state index in [-0.39, 0.29) is 0 Å². The first-order valence-electron chi connectivity index (χ1n) is 3.71. The monoisotopic (exact) mass is 128 g/mol. The molecule has 0 aromatic heterocycles. The SMILES string of the molecule is B1C=Cc2ccccc2C1. The molecule has 10 heavy (non-hydrogen) atoms. The summed E-state index contributed by atoms with van der Waals surface area (Å²) in [5, 5.41) is 0. The molecule has 0 bridgehead atoms. The molecule has 0 nitrogen and oxygen atoms in total. The van der Waals surface area contributed by atoms with E-state index in [1.165, 1.54) is 24.7 Å². The first-order chi connectivity index (χ1) is 4.97. The zero-order valence-electron chi connectivity index (χ0n) is 5.88. The van der Waals surface area contributed by atoms with Gasteiger partial charge in [-0.25, -0.2) is 0 Å². The Labute approximate surface area is 61.8 Å². The number of hydrogen-bond donors (Lipinski definition) is 0. The van der Waals surface area contributed by atoms with Crippen LogP contribution >= 0.6 is 0 Å². The Hall–Kier alpha value is -0.975. The molecule has 1 aliphatic heterocycles. The molecule has 0 saturated carbocycles. The summed E-state index contributed by atoms with van der Waals surface area (Å²) in [5.41, 5.74) is 2.89. The van der Waals surface area contributed by atoms with E-state index in [0.29, 0.717) is 0 Å². The van der Waals surface area contributed by atoms with Crippen molar-refractivity contribution in [2.75, 3.05) is 0 Å². The highest BCUT2D eigenvalue weighted by Crippen LogP contribution is 2.13. The average Bonchev–Trinajstić information content (AvgIpc) is 2.05. The van der Waals surface area contributed by atoms with Gasteiger partial charge in [0, 0.05) is 0 Å². The van der Waals surface area contributed by atoms with Crippen LogP contribution in [0.25, 0.3) is 6.08 Å². The van der Waals surface area contributed by atoms with E-state index in [0.717, 1.165) is 0 Å². The van der Waals surface area contributed by atoms with E-state index in [2.05, 4.69) is 36.3 Å². The molecule has 1 aromatic rings. The molecule has 0 N–H and O–H groups in total. The number of benzene rings is 1. The zero-order valence-corrected chi connectivity index (χ0v) is 5.88. The first-order valence-corrected chi connectivity index (χ1v) is 3.71. The second-order valence-electron chi connectivity index (χ2n) is 2.64. The summed E-state index contributed by atoms with van der Waals surface area (Å²) in [6.07, 6.45) is 3.42. The first kappa shape index (κ1) is 5.78. The third-order valence-electron chi connectivity index (χ3n) is 1.93. The second kappa shape index (κ2) is 2.33. The summed E-state index contributed by atoms with van der Waals surface area (Å²) >= 11 is 0. The van der Waals surface area contributed by atoms with Gasteiger partial charge in [-0.3, -0.25) is 0 Å². The summed E-state index contributed by atoms with van der Waals surface area (Å²) in [6.45, 7) is 0. The summed E-state index contributed by atoms with van der Waals surface area (Å²) in [7, 11) is 1.21. The minimum Gasteiger partial charge on any atom is -0.118 e. The molecule has 0 saturated heterocycles. The highest BCUT2D eigenvalue weighted by molar-refractivity contribution is 6.43. The molecule has 1 aliphatic rings. The second-order valence-corrected chi connectivity index (χ2v) is 2.64. The molecule has 0 spiro atoms. The molecule has 2 rings (SSSR count). The molecular formula is C9H9B.